The molecule has 1 saturated heterocycles. The fraction of sp³-hybridized carbons (Fsp3) is 0.240. The highest BCUT2D eigenvalue weighted by Crippen LogP contribution is 2.50. The van der Waals surface area contributed by atoms with Crippen LogP contribution in [-0.2, 0) is 14.4 Å². The van der Waals surface area contributed by atoms with Gasteiger partial charge in [0.1, 0.15) is 11.6 Å². The first-order chi connectivity index (χ1) is 14.9. The molecule has 1 spiro atoms. The highest BCUT2D eigenvalue weighted by molar-refractivity contribution is 6.10. The third-order valence-electron chi connectivity index (χ3n) is 6.43. The molecule has 3 atom stereocenters. The number of benzene rings is 2. The molecular weight excluding hydrogens is 390 g/mol. The van der Waals surface area contributed by atoms with Gasteiger partial charge in [-0.05, 0) is 41.0 Å². The summed E-state index contributed by atoms with van der Waals surface area (Å²) in [7, 11) is 3.90. The molecule has 0 unspecified atom stereocenters. The molecule has 3 aliphatic rings. The minimum atomic E-state index is -0.898. The Kier molecular flexibility index (Phi) is 4.32. The maximum atomic E-state index is 13.4. The Balaban J connectivity index is 1.67. The van der Waals surface area contributed by atoms with Crippen LogP contribution in [-0.4, -0.2) is 48.2 Å². The summed E-state index contributed by atoms with van der Waals surface area (Å²) in [5.74, 6) is -0.548. The number of nitrogens with zero attached hydrogens (tertiary/aromatic N) is 2. The zero-order chi connectivity index (χ0) is 21.8. The monoisotopic (exact) mass is 413 g/mol. The van der Waals surface area contributed by atoms with E-state index in [1.165, 1.54) is 0 Å². The third-order valence-corrected chi connectivity index (χ3v) is 6.43. The number of amides is 2. The molecule has 2 heterocycles. The van der Waals surface area contributed by atoms with Crippen LogP contribution in [0.2, 0.25) is 0 Å². The Hall–Kier alpha value is -3.67. The van der Waals surface area contributed by atoms with E-state index in [1.54, 1.807) is 23.1 Å². The molecule has 2 aliphatic heterocycles. The summed E-state index contributed by atoms with van der Waals surface area (Å²) < 4.78 is 0. The van der Waals surface area contributed by atoms with E-state index in [0.717, 1.165) is 22.4 Å². The second-order valence-electron chi connectivity index (χ2n) is 8.41. The summed E-state index contributed by atoms with van der Waals surface area (Å²) >= 11 is 0. The maximum Gasteiger partial charge on any atom is 0.248 e. The van der Waals surface area contributed by atoms with Crippen LogP contribution >= 0.6 is 0 Å². The van der Waals surface area contributed by atoms with Gasteiger partial charge in [0.2, 0.25) is 11.8 Å². The number of nitrogens with one attached hydrogen (secondary N) is 1. The van der Waals surface area contributed by atoms with Gasteiger partial charge in [0.25, 0.3) is 0 Å². The smallest absolute Gasteiger partial charge is 0.248 e. The minimum absolute atomic E-state index is 0.0589. The lowest BCUT2D eigenvalue weighted by Gasteiger charge is -2.52. The molecule has 0 aromatic heterocycles. The first kappa shape index (κ1) is 19.3. The van der Waals surface area contributed by atoms with Crippen molar-refractivity contribution in [1.29, 1.82) is 0 Å². The van der Waals surface area contributed by atoms with Crippen molar-refractivity contribution >= 4 is 28.9 Å². The molecule has 0 radical (unpaired) electrons. The topological polar surface area (TPSA) is 69.7 Å². The van der Waals surface area contributed by atoms with Gasteiger partial charge in [0.15, 0.2) is 5.78 Å². The van der Waals surface area contributed by atoms with Crippen LogP contribution in [0.3, 0.4) is 0 Å². The van der Waals surface area contributed by atoms with Crippen LogP contribution in [0.25, 0.3) is 5.57 Å². The number of carbonyl (C=O) groups is 3. The van der Waals surface area contributed by atoms with Crippen LogP contribution < -0.4 is 10.2 Å². The largest absolute Gasteiger partial charge is 0.378 e. The van der Waals surface area contributed by atoms with E-state index in [9.17, 15) is 14.4 Å². The zero-order valence-electron chi connectivity index (χ0n) is 17.4. The van der Waals surface area contributed by atoms with Crippen LogP contribution in [0.4, 0.5) is 5.69 Å². The van der Waals surface area contributed by atoms with Crippen LogP contribution in [0, 0.1) is 0 Å². The van der Waals surface area contributed by atoms with Gasteiger partial charge in [-0.15, -0.1) is 0 Å². The number of hydrogen-bond donors (Lipinski definition) is 1. The number of piperazine rings is 1. The Morgan fingerprint density at radius 3 is 2.39 bits per heavy atom. The fourth-order valence-electron chi connectivity index (χ4n) is 4.96. The molecule has 1 fully saturated rings. The summed E-state index contributed by atoms with van der Waals surface area (Å²) in [6.07, 6.45) is 5.11. The van der Waals surface area contributed by atoms with Gasteiger partial charge in [0, 0.05) is 32.3 Å². The number of rotatable bonds is 3. The minimum Gasteiger partial charge on any atom is -0.378 e. The summed E-state index contributed by atoms with van der Waals surface area (Å²) in [5.41, 5.74) is 2.56. The Labute approximate surface area is 180 Å². The lowest BCUT2D eigenvalue weighted by molar-refractivity contribution is -0.147. The number of ketones is 1. The highest BCUT2D eigenvalue weighted by atomic mass is 16.2. The standard InChI is InChI=1S/C25H23N3O3/c1-27(2)18-10-8-17(9-11-18)23-24(31)26-21-14-19(29)12-13-25(21)20(15-22(30)28(23)25)16-6-4-3-5-7-16/h3-13,15,21,23H,14H2,1-2H3,(H,26,31)/t21-,23-,25-/m1/s1. The van der Waals surface area contributed by atoms with Crippen LogP contribution in [0.1, 0.15) is 23.6 Å². The Bertz CT molecular complexity index is 1130. The molecule has 0 saturated carbocycles. The van der Waals surface area contributed by atoms with E-state index in [-0.39, 0.29) is 24.0 Å². The Morgan fingerprint density at radius 1 is 1.00 bits per heavy atom. The molecule has 2 amide bonds. The molecular formula is C25H23N3O3. The average molecular weight is 413 g/mol. The number of hydrogen-bond acceptors (Lipinski definition) is 4. The van der Waals surface area contributed by atoms with E-state index >= 15 is 0 Å². The second kappa shape index (κ2) is 6.94. The predicted octanol–water partition coefficient (Wildman–Crippen LogP) is 2.49. The van der Waals surface area contributed by atoms with Gasteiger partial charge in [-0.2, -0.15) is 0 Å². The SMILES string of the molecule is CN(C)c1ccc([C@@H]2C(=O)N[C@@H]3CC(=O)C=C[C@@]34C(c3ccccc3)=CC(=O)N24)cc1. The zero-order valence-corrected chi connectivity index (χ0v) is 17.4. The molecule has 2 aromatic carbocycles. The van der Waals surface area contributed by atoms with Crippen molar-refractivity contribution in [3.63, 3.8) is 0 Å². The summed E-state index contributed by atoms with van der Waals surface area (Å²) in [5, 5.41) is 3.06. The maximum absolute atomic E-state index is 13.4. The quantitative estimate of drug-likeness (QED) is 0.840. The molecule has 5 rings (SSSR count). The second-order valence-corrected chi connectivity index (χ2v) is 8.41. The number of anilines is 1. The van der Waals surface area contributed by atoms with Crippen LogP contribution in [0.5, 0.6) is 0 Å². The normalized spacial score (nSPS) is 26.8. The van der Waals surface area contributed by atoms with Crippen molar-refractivity contribution in [1.82, 2.24) is 10.2 Å². The van der Waals surface area contributed by atoms with E-state index in [1.807, 2.05) is 73.6 Å². The molecule has 31 heavy (non-hydrogen) atoms. The number of carbonyl (C=O) groups excluding carboxylic acids is 3. The van der Waals surface area contributed by atoms with Crippen molar-refractivity contribution in [3.05, 3.63) is 84.0 Å². The van der Waals surface area contributed by atoms with Crippen molar-refractivity contribution in [2.24, 2.45) is 0 Å². The predicted molar refractivity (Wildman–Crippen MR) is 118 cm³/mol. The molecule has 1 aliphatic carbocycles. The summed E-state index contributed by atoms with van der Waals surface area (Å²) in [6.45, 7) is 0. The van der Waals surface area contributed by atoms with Gasteiger partial charge in [-0.25, -0.2) is 0 Å². The first-order valence-electron chi connectivity index (χ1n) is 10.3. The molecule has 156 valence electrons. The lowest BCUT2D eigenvalue weighted by Crippen LogP contribution is -2.69. The Morgan fingerprint density at radius 2 is 1.71 bits per heavy atom. The van der Waals surface area contributed by atoms with Crippen molar-refractivity contribution in [3.8, 4) is 0 Å². The van der Waals surface area contributed by atoms with Crippen LogP contribution in [0.15, 0.2) is 72.8 Å². The van der Waals surface area contributed by atoms with E-state index in [4.69, 9.17) is 0 Å². The van der Waals surface area contributed by atoms with E-state index in [2.05, 4.69) is 5.32 Å². The molecule has 6 heteroatoms. The fourth-order valence-corrected chi connectivity index (χ4v) is 4.96. The lowest BCUT2D eigenvalue weighted by atomic mass is 9.72. The van der Waals surface area contributed by atoms with E-state index in [0.29, 0.717) is 0 Å². The molecule has 6 nitrogen and oxygen atoms in total. The van der Waals surface area contributed by atoms with Crippen molar-refractivity contribution < 1.29 is 14.4 Å². The average Bonchev–Trinajstić information content (AvgIpc) is 3.06. The van der Waals surface area contributed by atoms with Crippen molar-refractivity contribution in [2.45, 2.75) is 24.0 Å². The van der Waals surface area contributed by atoms with Gasteiger partial charge in [-0.1, -0.05) is 42.5 Å². The highest BCUT2D eigenvalue weighted by Gasteiger charge is 2.60. The molecule has 0 bridgehead atoms. The molecule has 1 N–H and O–H groups in total. The third kappa shape index (κ3) is 2.82. The van der Waals surface area contributed by atoms with Crippen molar-refractivity contribution in [2.75, 3.05) is 19.0 Å². The van der Waals surface area contributed by atoms with Gasteiger partial charge in [-0.3, -0.25) is 14.4 Å². The molecule has 2 aromatic rings. The first-order valence-corrected chi connectivity index (χ1v) is 10.3. The van der Waals surface area contributed by atoms with Gasteiger partial charge >= 0.3 is 0 Å². The van der Waals surface area contributed by atoms with Gasteiger partial charge in [0.05, 0.1) is 6.04 Å². The van der Waals surface area contributed by atoms with Gasteiger partial charge < -0.3 is 15.1 Å². The van der Waals surface area contributed by atoms with E-state index < -0.39 is 17.6 Å². The number of allylic oxidation sites excluding steroid dienone is 1. The summed E-state index contributed by atoms with van der Waals surface area (Å²) in [4.78, 5) is 42.5. The summed E-state index contributed by atoms with van der Waals surface area (Å²) in [6, 6.07) is 16.0.